The number of hydrogen-bond acceptors (Lipinski definition) is 3. The fourth-order valence-corrected chi connectivity index (χ4v) is 2.87. The maximum Gasteiger partial charge on any atom is 0.257 e. The quantitative estimate of drug-likeness (QED) is 0.930. The number of carbonyl (C=O) groups is 1. The van der Waals surface area contributed by atoms with E-state index in [4.69, 9.17) is 16.3 Å². The van der Waals surface area contributed by atoms with Gasteiger partial charge in [0.2, 0.25) is 0 Å². The summed E-state index contributed by atoms with van der Waals surface area (Å²) >= 11 is 5.97. The monoisotopic (exact) mass is 311 g/mol. The van der Waals surface area contributed by atoms with Crippen molar-refractivity contribution in [2.24, 2.45) is 5.92 Å². The number of nitrogens with zero attached hydrogens (tertiary/aromatic N) is 1. The highest BCUT2D eigenvalue weighted by atomic mass is 35.5. The molecule has 1 aromatic rings. The van der Waals surface area contributed by atoms with E-state index in [1.807, 2.05) is 6.92 Å². The zero-order valence-electron chi connectivity index (χ0n) is 12.5. The Kier molecular flexibility index (Phi) is 5.48. The normalized spacial score (nSPS) is 20.2. The highest BCUT2D eigenvalue weighted by molar-refractivity contribution is 6.30. The maximum atomic E-state index is 12.7. The molecule has 0 aliphatic carbocycles. The summed E-state index contributed by atoms with van der Waals surface area (Å²) in [7, 11) is 0. The summed E-state index contributed by atoms with van der Waals surface area (Å²) in [4.78, 5) is 14.5. The lowest BCUT2D eigenvalue weighted by molar-refractivity contribution is 0.0463. The van der Waals surface area contributed by atoms with E-state index in [1.54, 1.807) is 30.0 Å². The molecule has 0 bridgehead atoms. The van der Waals surface area contributed by atoms with Gasteiger partial charge >= 0.3 is 0 Å². The van der Waals surface area contributed by atoms with Gasteiger partial charge in [-0.2, -0.15) is 0 Å². The third kappa shape index (κ3) is 3.89. The second-order valence-corrected chi connectivity index (χ2v) is 5.90. The second-order valence-electron chi connectivity index (χ2n) is 5.47. The molecule has 0 radical (unpaired) electrons. The number of aliphatic hydroxyl groups excluding tert-OH is 1. The van der Waals surface area contributed by atoms with E-state index in [0.29, 0.717) is 29.5 Å². The molecule has 2 atom stereocenters. The van der Waals surface area contributed by atoms with Gasteiger partial charge in [0.25, 0.3) is 5.91 Å². The van der Waals surface area contributed by atoms with Crippen LogP contribution in [0.5, 0.6) is 5.75 Å². The van der Waals surface area contributed by atoms with E-state index in [-0.39, 0.29) is 11.8 Å². The molecule has 2 rings (SSSR count). The Morgan fingerprint density at radius 3 is 3.00 bits per heavy atom. The van der Waals surface area contributed by atoms with Crippen LogP contribution in [0.25, 0.3) is 0 Å². The number of halogens is 1. The first-order valence-corrected chi connectivity index (χ1v) is 7.80. The summed E-state index contributed by atoms with van der Waals surface area (Å²) in [5.74, 6) is 0.611. The zero-order chi connectivity index (χ0) is 15.4. The van der Waals surface area contributed by atoms with Crippen LogP contribution in [-0.2, 0) is 0 Å². The van der Waals surface area contributed by atoms with Crippen molar-refractivity contribution < 1.29 is 14.6 Å². The number of carbonyl (C=O) groups excluding carboxylic acids is 1. The van der Waals surface area contributed by atoms with Gasteiger partial charge in [0.1, 0.15) is 5.75 Å². The molecule has 21 heavy (non-hydrogen) atoms. The number of benzene rings is 1. The molecule has 1 aromatic carbocycles. The lowest BCUT2D eigenvalue weighted by Gasteiger charge is -2.34. The lowest BCUT2D eigenvalue weighted by atomic mass is 9.93. The van der Waals surface area contributed by atoms with Crippen molar-refractivity contribution in [3.8, 4) is 5.75 Å². The molecule has 0 unspecified atom stereocenters. The van der Waals surface area contributed by atoms with Gasteiger partial charge in [0.15, 0.2) is 0 Å². The number of likely N-dealkylation sites (tertiary alicyclic amines) is 1. The topological polar surface area (TPSA) is 49.8 Å². The first-order valence-electron chi connectivity index (χ1n) is 7.42. The molecule has 4 nitrogen and oxygen atoms in total. The van der Waals surface area contributed by atoms with Crippen LogP contribution < -0.4 is 4.74 Å². The van der Waals surface area contributed by atoms with Gasteiger partial charge in [-0.15, -0.1) is 0 Å². The summed E-state index contributed by atoms with van der Waals surface area (Å²) in [5, 5.41) is 10.3. The Morgan fingerprint density at radius 1 is 1.57 bits per heavy atom. The SMILES string of the molecule is CCOc1cc(Cl)ccc1C(=O)N1CCC[C@H]([C@H](C)O)C1. The smallest absolute Gasteiger partial charge is 0.257 e. The Bertz CT molecular complexity index is 504. The van der Waals surface area contributed by atoms with Gasteiger partial charge in [0, 0.05) is 24.0 Å². The average molecular weight is 312 g/mol. The molecule has 1 fully saturated rings. The van der Waals surface area contributed by atoms with Crippen molar-refractivity contribution in [3.05, 3.63) is 28.8 Å². The Labute approximate surface area is 130 Å². The van der Waals surface area contributed by atoms with Gasteiger partial charge in [-0.05, 0) is 44.9 Å². The van der Waals surface area contributed by atoms with Gasteiger partial charge in [-0.3, -0.25) is 4.79 Å². The minimum absolute atomic E-state index is 0.0551. The standard InChI is InChI=1S/C16H22ClNO3/c1-3-21-15-9-13(17)6-7-14(15)16(20)18-8-4-5-12(10-18)11(2)19/h6-7,9,11-12,19H,3-5,8,10H2,1-2H3/t11-,12-/m0/s1. The molecule has 1 aliphatic rings. The van der Waals surface area contributed by atoms with Crippen LogP contribution in [0.3, 0.4) is 0 Å². The van der Waals surface area contributed by atoms with Gasteiger partial charge in [0.05, 0.1) is 18.3 Å². The van der Waals surface area contributed by atoms with Crippen molar-refractivity contribution in [2.45, 2.75) is 32.8 Å². The first kappa shape index (κ1) is 16.1. The number of ether oxygens (including phenoxy) is 1. The predicted octanol–water partition coefficient (Wildman–Crippen LogP) is 2.97. The van der Waals surface area contributed by atoms with E-state index in [9.17, 15) is 9.90 Å². The van der Waals surface area contributed by atoms with E-state index in [0.717, 1.165) is 19.4 Å². The van der Waals surface area contributed by atoms with Crippen molar-refractivity contribution in [2.75, 3.05) is 19.7 Å². The average Bonchev–Trinajstić information content (AvgIpc) is 2.47. The van der Waals surface area contributed by atoms with Crippen molar-refractivity contribution in [1.29, 1.82) is 0 Å². The van der Waals surface area contributed by atoms with Crippen LogP contribution in [-0.4, -0.2) is 41.7 Å². The van der Waals surface area contributed by atoms with Crippen molar-refractivity contribution >= 4 is 17.5 Å². The lowest BCUT2D eigenvalue weighted by Crippen LogP contribution is -2.43. The van der Waals surface area contributed by atoms with Crippen molar-refractivity contribution in [1.82, 2.24) is 4.90 Å². The van der Waals surface area contributed by atoms with Crippen LogP contribution in [0, 0.1) is 5.92 Å². The summed E-state index contributed by atoms with van der Waals surface area (Å²) in [5.41, 5.74) is 0.535. The molecule has 1 heterocycles. The number of hydrogen-bond donors (Lipinski definition) is 1. The van der Waals surface area contributed by atoms with Crippen LogP contribution >= 0.6 is 11.6 Å². The molecule has 1 N–H and O–H groups in total. The van der Waals surface area contributed by atoms with Crippen LogP contribution in [0.2, 0.25) is 5.02 Å². The highest BCUT2D eigenvalue weighted by Gasteiger charge is 2.28. The first-order chi connectivity index (χ1) is 10.0. The Morgan fingerprint density at radius 2 is 2.33 bits per heavy atom. The van der Waals surface area contributed by atoms with E-state index < -0.39 is 6.10 Å². The van der Waals surface area contributed by atoms with Crippen LogP contribution in [0.15, 0.2) is 18.2 Å². The van der Waals surface area contributed by atoms with Crippen molar-refractivity contribution in [3.63, 3.8) is 0 Å². The molecular weight excluding hydrogens is 290 g/mol. The minimum Gasteiger partial charge on any atom is -0.493 e. The maximum absolute atomic E-state index is 12.7. The number of aliphatic hydroxyl groups is 1. The number of amides is 1. The summed E-state index contributed by atoms with van der Waals surface area (Å²) in [6.45, 7) is 5.45. The Balaban J connectivity index is 2.19. The number of rotatable bonds is 4. The van der Waals surface area contributed by atoms with Gasteiger partial charge in [-0.25, -0.2) is 0 Å². The second kappa shape index (κ2) is 7.14. The predicted molar refractivity (Wildman–Crippen MR) is 82.9 cm³/mol. The Hall–Kier alpha value is -1.26. The number of piperidine rings is 1. The molecule has 1 aliphatic heterocycles. The van der Waals surface area contributed by atoms with E-state index in [1.165, 1.54) is 0 Å². The van der Waals surface area contributed by atoms with E-state index in [2.05, 4.69) is 0 Å². The van der Waals surface area contributed by atoms with E-state index >= 15 is 0 Å². The largest absolute Gasteiger partial charge is 0.493 e. The zero-order valence-corrected chi connectivity index (χ0v) is 13.3. The van der Waals surface area contributed by atoms with Crippen LogP contribution in [0.4, 0.5) is 0 Å². The minimum atomic E-state index is -0.391. The molecule has 0 spiro atoms. The highest BCUT2D eigenvalue weighted by Crippen LogP contribution is 2.27. The summed E-state index contributed by atoms with van der Waals surface area (Å²) in [6.07, 6.45) is 1.48. The fraction of sp³-hybridized carbons (Fsp3) is 0.562. The van der Waals surface area contributed by atoms with Gasteiger partial charge < -0.3 is 14.7 Å². The molecule has 1 saturated heterocycles. The summed E-state index contributed by atoms with van der Waals surface area (Å²) < 4.78 is 5.52. The molecule has 0 saturated carbocycles. The molecular formula is C16H22ClNO3. The van der Waals surface area contributed by atoms with Crippen LogP contribution in [0.1, 0.15) is 37.0 Å². The molecule has 0 aromatic heterocycles. The molecule has 116 valence electrons. The third-order valence-corrected chi connectivity index (χ3v) is 4.14. The molecule has 5 heteroatoms. The third-order valence-electron chi connectivity index (χ3n) is 3.90. The fourth-order valence-electron chi connectivity index (χ4n) is 2.71. The summed E-state index contributed by atoms with van der Waals surface area (Å²) in [6, 6.07) is 5.09. The molecule has 1 amide bonds. The van der Waals surface area contributed by atoms with Gasteiger partial charge in [-0.1, -0.05) is 11.6 Å².